The van der Waals surface area contributed by atoms with Crippen LogP contribution in [0.15, 0.2) is 72.8 Å². The minimum atomic E-state index is -0.115. The summed E-state index contributed by atoms with van der Waals surface area (Å²) in [5.41, 5.74) is 4.91. The lowest BCUT2D eigenvalue weighted by Gasteiger charge is -2.12. The molecule has 1 aromatic heterocycles. The molecule has 1 unspecified atom stereocenters. The van der Waals surface area contributed by atoms with Crippen LogP contribution in [0.3, 0.4) is 0 Å². The van der Waals surface area contributed by atoms with Crippen molar-refractivity contribution in [1.82, 2.24) is 14.9 Å². The molecule has 0 fully saturated rings. The topological polar surface area (TPSA) is 56.2 Å². The van der Waals surface area contributed by atoms with Gasteiger partial charge in [0, 0.05) is 24.5 Å². The van der Waals surface area contributed by atoms with Gasteiger partial charge in [-0.25, -0.2) is 4.98 Å². The Labute approximate surface area is 224 Å². The number of carbonyl (C=O) groups is 1. The maximum absolute atomic E-state index is 12.1. The molecule has 0 aliphatic carbocycles. The molecule has 0 aliphatic heterocycles. The number of unbranched alkanes of at least 4 members (excludes halogenated alkanes) is 2. The third kappa shape index (κ3) is 7.59. The lowest BCUT2D eigenvalue weighted by atomic mass is 9.97. The van der Waals surface area contributed by atoms with E-state index in [0.29, 0.717) is 23.2 Å². The van der Waals surface area contributed by atoms with Crippen molar-refractivity contribution >= 4 is 28.5 Å². The predicted octanol–water partition coefficient (Wildman–Crippen LogP) is 7.16. The summed E-state index contributed by atoms with van der Waals surface area (Å²) in [6, 6.07) is 24.4. The van der Waals surface area contributed by atoms with E-state index in [1.807, 2.05) is 6.07 Å². The van der Waals surface area contributed by atoms with E-state index in [0.717, 1.165) is 50.0 Å². The fraction of sp³-hybridized carbons (Fsp3) is 0.355. The summed E-state index contributed by atoms with van der Waals surface area (Å²) in [4.78, 5) is 17.0. The van der Waals surface area contributed by atoms with Gasteiger partial charge in [-0.2, -0.15) is 0 Å². The van der Waals surface area contributed by atoms with Crippen LogP contribution in [0.25, 0.3) is 11.0 Å². The van der Waals surface area contributed by atoms with Crippen LogP contribution in [0, 0.1) is 0 Å². The highest BCUT2D eigenvalue weighted by Crippen LogP contribution is 2.22. The van der Waals surface area contributed by atoms with Gasteiger partial charge in [0.2, 0.25) is 0 Å². The third-order valence-electron chi connectivity index (χ3n) is 6.82. The van der Waals surface area contributed by atoms with Crippen LogP contribution >= 0.6 is 11.6 Å². The third-order valence-corrected chi connectivity index (χ3v) is 7.07. The van der Waals surface area contributed by atoms with Crippen LogP contribution in [-0.2, 0) is 17.8 Å². The van der Waals surface area contributed by atoms with E-state index in [4.69, 9.17) is 21.3 Å². The first-order valence-electron chi connectivity index (χ1n) is 13.2. The minimum absolute atomic E-state index is 0.00396. The highest BCUT2D eigenvalue weighted by atomic mass is 35.5. The quantitative estimate of drug-likeness (QED) is 0.191. The molecule has 3 aromatic carbocycles. The van der Waals surface area contributed by atoms with Crippen molar-refractivity contribution < 1.29 is 9.53 Å². The SMILES string of the molecule is CCC(C)c1ccc(Cn2c(CCCCCNC(=O)COc3ccc(Cl)cc3)nc3ccccc32)cc1. The number of amides is 1. The maximum atomic E-state index is 12.1. The summed E-state index contributed by atoms with van der Waals surface area (Å²) in [7, 11) is 0. The molecule has 0 bridgehead atoms. The first-order valence-corrected chi connectivity index (χ1v) is 13.6. The number of ether oxygens (including phenoxy) is 1. The van der Waals surface area contributed by atoms with Crippen molar-refractivity contribution in [1.29, 1.82) is 0 Å². The zero-order valence-electron chi connectivity index (χ0n) is 21.8. The van der Waals surface area contributed by atoms with Crippen LogP contribution in [0.5, 0.6) is 5.75 Å². The number of fused-ring (bicyclic) bond motifs is 1. The number of nitrogens with one attached hydrogen (secondary N) is 1. The van der Waals surface area contributed by atoms with Gasteiger partial charge in [-0.05, 0) is 72.7 Å². The van der Waals surface area contributed by atoms with Gasteiger partial charge in [-0.3, -0.25) is 4.79 Å². The smallest absolute Gasteiger partial charge is 0.257 e. The van der Waals surface area contributed by atoms with Crippen molar-refractivity contribution in [3.05, 3.63) is 94.8 Å². The highest BCUT2D eigenvalue weighted by Gasteiger charge is 2.11. The number of hydrogen-bond acceptors (Lipinski definition) is 3. The molecule has 0 saturated carbocycles. The normalized spacial score (nSPS) is 12.0. The van der Waals surface area contributed by atoms with E-state index >= 15 is 0 Å². The van der Waals surface area contributed by atoms with Gasteiger partial charge in [-0.1, -0.05) is 68.3 Å². The van der Waals surface area contributed by atoms with Crippen molar-refractivity contribution in [2.45, 2.75) is 58.4 Å². The number of benzene rings is 3. The molecule has 194 valence electrons. The Morgan fingerprint density at radius 3 is 2.51 bits per heavy atom. The second-order valence-corrected chi connectivity index (χ2v) is 9.99. The second kappa shape index (κ2) is 13.3. The Morgan fingerprint density at radius 1 is 1.00 bits per heavy atom. The molecular weight excluding hydrogens is 482 g/mol. The Hall–Kier alpha value is -3.31. The standard InChI is InChI=1S/C31H36ClN3O2/c1-3-23(2)25-14-12-24(13-15-25)21-35-29-10-7-6-9-28(29)34-30(35)11-5-4-8-20-33-31(36)22-37-27-18-16-26(32)17-19-27/h6-7,9-10,12-19,23H,3-5,8,11,20-22H2,1-2H3,(H,33,36). The molecule has 1 heterocycles. The summed E-state index contributed by atoms with van der Waals surface area (Å²) in [5, 5.41) is 3.58. The number of para-hydroxylation sites is 2. The van der Waals surface area contributed by atoms with E-state index in [1.165, 1.54) is 16.6 Å². The predicted molar refractivity (Wildman–Crippen MR) is 151 cm³/mol. The molecule has 37 heavy (non-hydrogen) atoms. The van der Waals surface area contributed by atoms with Gasteiger partial charge in [0.25, 0.3) is 5.91 Å². The first kappa shape index (κ1) is 26.7. The van der Waals surface area contributed by atoms with Gasteiger partial charge in [0.05, 0.1) is 11.0 Å². The number of halogens is 1. The molecule has 6 heteroatoms. The van der Waals surface area contributed by atoms with E-state index in [1.54, 1.807) is 24.3 Å². The number of aromatic nitrogens is 2. The van der Waals surface area contributed by atoms with Crippen molar-refractivity contribution in [2.24, 2.45) is 0 Å². The summed E-state index contributed by atoms with van der Waals surface area (Å²) in [6.07, 6.45) is 5.02. The van der Waals surface area contributed by atoms with Crippen LogP contribution in [0.2, 0.25) is 5.02 Å². The molecule has 0 aliphatic rings. The molecule has 5 nitrogen and oxygen atoms in total. The van der Waals surface area contributed by atoms with Gasteiger partial charge in [0.1, 0.15) is 11.6 Å². The zero-order valence-corrected chi connectivity index (χ0v) is 22.5. The number of carbonyl (C=O) groups excluding carboxylic acids is 1. The molecule has 0 saturated heterocycles. The lowest BCUT2D eigenvalue weighted by molar-refractivity contribution is -0.123. The zero-order chi connectivity index (χ0) is 26.0. The second-order valence-electron chi connectivity index (χ2n) is 9.56. The largest absolute Gasteiger partial charge is 0.484 e. The minimum Gasteiger partial charge on any atom is -0.484 e. The lowest BCUT2D eigenvalue weighted by Crippen LogP contribution is -2.29. The number of nitrogens with zero attached hydrogens (tertiary/aromatic N) is 2. The number of hydrogen-bond donors (Lipinski definition) is 1. The van der Waals surface area contributed by atoms with Crippen molar-refractivity contribution in [2.75, 3.05) is 13.2 Å². The fourth-order valence-electron chi connectivity index (χ4n) is 4.41. The monoisotopic (exact) mass is 517 g/mol. The maximum Gasteiger partial charge on any atom is 0.257 e. The number of aryl methyl sites for hydroxylation is 1. The molecular formula is C31H36ClN3O2. The average molecular weight is 518 g/mol. The Bertz CT molecular complexity index is 1280. The average Bonchev–Trinajstić information content (AvgIpc) is 3.27. The van der Waals surface area contributed by atoms with E-state index < -0.39 is 0 Å². The van der Waals surface area contributed by atoms with Gasteiger partial charge >= 0.3 is 0 Å². The summed E-state index contributed by atoms with van der Waals surface area (Å²) < 4.78 is 7.84. The molecule has 1 amide bonds. The summed E-state index contributed by atoms with van der Waals surface area (Å²) in [5.74, 6) is 2.22. The van der Waals surface area contributed by atoms with Crippen LogP contribution < -0.4 is 10.1 Å². The Morgan fingerprint density at radius 2 is 1.76 bits per heavy atom. The summed E-state index contributed by atoms with van der Waals surface area (Å²) >= 11 is 5.87. The number of rotatable bonds is 13. The van der Waals surface area contributed by atoms with Gasteiger partial charge in [-0.15, -0.1) is 0 Å². The van der Waals surface area contributed by atoms with E-state index in [2.05, 4.69) is 66.2 Å². The van der Waals surface area contributed by atoms with Crippen molar-refractivity contribution in [3.63, 3.8) is 0 Å². The van der Waals surface area contributed by atoms with Gasteiger partial charge in [0.15, 0.2) is 6.61 Å². The van der Waals surface area contributed by atoms with E-state index in [-0.39, 0.29) is 12.5 Å². The summed E-state index contributed by atoms with van der Waals surface area (Å²) in [6.45, 7) is 5.97. The molecule has 0 radical (unpaired) electrons. The van der Waals surface area contributed by atoms with E-state index in [9.17, 15) is 4.79 Å². The molecule has 1 atom stereocenters. The fourth-order valence-corrected chi connectivity index (χ4v) is 4.53. The Kier molecular flexibility index (Phi) is 9.61. The van der Waals surface area contributed by atoms with Gasteiger partial charge < -0.3 is 14.6 Å². The van der Waals surface area contributed by atoms with Crippen LogP contribution in [-0.4, -0.2) is 28.6 Å². The first-order chi connectivity index (χ1) is 18.0. The number of imidazole rings is 1. The molecule has 0 spiro atoms. The van der Waals surface area contributed by atoms with Crippen LogP contribution in [0.4, 0.5) is 0 Å². The molecule has 4 rings (SSSR count). The molecule has 4 aromatic rings. The van der Waals surface area contributed by atoms with Crippen LogP contribution in [0.1, 0.15) is 62.4 Å². The highest BCUT2D eigenvalue weighted by molar-refractivity contribution is 6.30. The Balaban J connectivity index is 1.25. The molecule has 1 N–H and O–H groups in total. The van der Waals surface area contributed by atoms with Crippen molar-refractivity contribution in [3.8, 4) is 5.75 Å².